The predicted molar refractivity (Wildman–Crippen MR) is 121 cm³/mol. The number of fused-ring (bicyclic) bond motifs is 1. The summed E-state index contributed by atoms with van der Waals surface area (Å²) in [4.78, 5) is 26.0. The molecule has 0 saturated carbocycles. The molecule has 1 aliphatic carbocycles. The van der Waals surface area contributed by atoms with E-state index < -0.39 is 11.8 Å². The summed E-state index contributed by atoms with van der Waals surface area (Å²) in [6, 6.07) is 21.2. The fourth-order valence-electron chi connectivity index (χ4n) is 3.72. The van der Waals surface area contributed by atoms with Crippen molar-refractivity contribution >= 4 is 49.9 Å². The van der Waals surface area contributed by atoms with Gasteiger partial charge >= 0.3 is 0 Å². The second-order valence-electron chi connectivity index (χ2n) is 7.17. The average Bonchev–Trinajstić information content (AvgIpc) is 2.75. The molecule has 0 bridgehead atoms. The molecule has 5 heteroatoms. The number of rotatable bonds is 4. The topological polar surface area (TPSA) is 58.2 Å². The highest BCUT2D eigenvalue weighted by Crippen LogP contribution is 2.30. The van der Waals surface area contributed by atoms with Crippen LogP contribution in [0.4, 0.5) is 11.4 Å². The Bertz CT molecular complexity index is 1070. The molecule has 2 amide bonds. The first-order chi connectivity index (χ1) is 14.1. The van der Waals surface area contributed by atoms with E-state index in [1.165, 1.54) is 0 Å². The van der Waals surface area contributed by atoms with Crippen molar-refractivity contribution in [2.45, 2.75) is 12.8 Å². The number of hydrogen-bond donors (Lipinski definition) is 2. The maximum absolute atomic E-state index is 13.1. The molecule has 0 fully saturated rings. The third kappa shape index (κ3) is 4.40. The molecule has 0 heterocycles. The normalized spacial score (nSPS) is 18.4. The van der Waals surface area contributed by atoms with Gasteiger partial charge in [0.15, 0.2) is 0 Å². The summed E-state index contributed by atoms with van der Waals surface area (Å²) < 4.78 is 0.948. The summed E-state index contributed by atoms with van der Waals surface area (Å²) in [5.41, 5.74) is 1.50. The summed E-state index contributed by atoms with van der Waals surface area (Å²) in [5, 5.41) is 8.05. The Morgan fingerprint density at radius 1 is 0.759 bits per heavy atom. The van der Waals surface area contributed by atoms with Gasteiger partial charge in [0.05, 0.1) is 11.8 Å². The molecule has 2 unspecified atom stereocenters. The zero-order valence-corrected chi connectivity index (χ0v) is 17.4. The SMILES string of the molecule is O=C(Nc1ccc(Br)cc1)C1CC=CCC1C(=O)Nc1cccc2ccccc12. The maximum Gasteiger partial charge on any atom is 0.228 e. The smallest absolute Gasteiger partial charge is 0.228 e. The second-order valence-corrected chi connectivity index (χ2v) is 8.08. The van der Waals surface area contributed by atoms with Crippen molar-refractivity contribution in [3.8, 4) is 0 Å². The molecule has 4 nitrogen and oxygen atoms in total. The van der Waals surface area contributed by atoms with Gasteiger partial charge in [-0.1, -0.05) is 64.5 Å². The van der Waals surface area contributed by atoms with Crippen LogP contribution in [-0.4, -0.2) is 11.8 Å². The van der Waals surface area contributed by atoms with E-state index in [-0.39, 0.29) is 11.8 Å². The Kier molecular flexibility index (Phi) is 5.76. The maximum atomic E-state index is 13.1. The second kappa shape index (κ2) is 8.62. The summed E-state index contributed by atoms with van der Waals surface area (Å²) in [5.74, 6) is -1.07. The van der Waals surface area contributed by atoms with Crippen LogP contribution in [0.25, 0.3) is 10.8 Å². The fraction of sp³-hybridized carbons (Fsp3) is 0.167. The van der Waals surface area contributed by atoms with Crippen molar-refractivity contribution in [1.82, 2.24) is 0 Å². The van der Waals surface area contributed by atoms with Crippen LogP contribution in [0.15, 0.2) is 83.4 Å². The molecule has 0 aliphatic heterocycles. The van der Waals surface area contributed by atoms with Crippen LogP contribution in [0, 0.1) is 11.8 Å². The molecule has 3 aromatic carbocycles. The molecular weight excluding hydrogens is 428 g/mol. The van der Waals surface area contributed by atoms with E-state index in [1.807, 2.05) is 78.9 Å². The fourth-order valence-corrected chi connectivity index (χ4v) is 3.99. The van der Waals surface area contributed by atoms with Crippen LogP contribution in [-0.2, 0) is 9.59 Å². The van der Waals surface area contributed by atoms with Crippen molar-refractivity contribution in [2.24, 2.45) is 11.8 Å². The van der Waals surface area contributed by atoms with Crippen LogP contribution >= 0.6 is 15.9 Å². The largest absolute Gasteiger partial charge is 0.326 e. The van der Waals surface area contributed by atoms with Gasteiger partial charge in [-0.15, -0.1) is 0 Å². The Hall–Kier alpha value is -2.92. The molecule has 2 N–H and O–H groups in total. The number of benzene rings is 3. The van der Waals surface area contributed by atoms with Crippen LogP contribution in [0.5, 0.6) is 0 Å². The molecule has 29 heavy (non-hydrogen) atoms. The molecule has 3 aromatic rings. The summed E-state index contributed by atoms with van der Waals surface area (Å²) in [6.45, 7) is 0. The van der Waals surface area contributed by atoms with Crippen LogP contribution < -0.4 is 10.6 Å². The number of amides is 2. The monoisotopic (exact) mass is 448 g/mol. The molecule has 0 aromatic heterocycles. The number of carbonyl (C=O) groups excluding carboxylic acids is 2. The quantitative estimate of drug-likeness (QED) is 0.498. The number of carbonyl (C=O) groups is 2. The van der Waals surface area contributed by atoms with Gasteiger partial charge in [-0.25, -0.2) is 0 Å². The minimum Gasteiger partial charge on any atom is -0.326 e. The molecule has 0 spiro atoms. The standard InChI is InChI=1S/C24H21BrN2O2/c25-17-12-14-18(15-13-17)26-23(28)20-9-3-4-10-21(20)24(29)27-22-11-5-7-16-6-1-2-8-19(16)22/h1-8,11-15,20-21H,9-10H2,(H,26,28)(H,27,29). The van der Waals surface area contributed by atoms with Gasteiger partial charge in [-0.05, 0) is 48.6 Å². The van der Waals surface area contributed by atoms with Crippen molar-refractivity contribution in [1.29, 1.82) is 0 Å². The lowest BCUT2D eigenvalue weighted by Crippen LogP contribution is -2.37. The van der Waals surface area contributed by atoms with Gasteiger partial charge in [-0.3, -0.25) is 9.59 Å². The molecule has 0 saturated heterocycles. The minimum absolute atomic E-state index is 0.123. The lowest BCUT2D eigenvalue weighted by Gasteiger charge is -2.27. The third-order valence-corrected chi connectivity index (χ3v) is 5.79. The van der Waals surface area contributed by atoms with E-state index in [2.05, 4.69) is 26.6 Å². The zero-order valence-electron chi connectivity index (χ0n) is 15.8. The number of halogens is 1. The molecule has 0 radical (unpaired) electrons. The molecular formula is C24H21BrN2O2. The predicted octanol–water partition coefficient (Wildman–Crippen LogP) is 5.76. The highest BCUT2D eigenvalue weighted by atomic mass is 79.9. The lowest BCUT2D eigenvalue weighted by atomic mass is 9.81. The highest BCUT2D eigenvalue weighted by Gasteiger charge is 2.34. The number of nitrogens with one attached hydrogen (secondary N) is 2. The summed E-state index contributed by atoms with van der Waals surface area (Å²) in [6.07, 6.45) is 5.06. The summed E-state index contributed by atoms with van der Waals surface area (Å²) in [7, 11) is 0. The number of hydrogen-bond acceptors (Lipinski definition) is 2. The van der Waals surface area contributed by atoms with Gasteiger partial charge in [0, 0.05) is 21.2 Å². The van der Waals surface area contributed by atoms with Crippen molar-refractivity contribution in [3.63, 3.8) is 0 Å². The van der Waals surface area contributed by atoms with Gasteiger partial charge in [-0.2, -0.15) is 0 Å². The Labute approximate surface area is 178 Å². The van der Waals surface area contributed by atoms with E-state index >= 15 is 0 Å². The molecule has 146 valence electrons. The first kappa shape index (κ1) is 19.4. The van der Waals surface area contributed by atoms with E-state index in [4.69, 9.17) is 0 Å². The lowest BCUT2D eigenvalue weighted by molar-refractivity contribution is -0.129. The summed E-state index contributed by atoms with van der Waals surface area (Å²) >= 11 is 3.39. The Balaban J connectivity index is 1.52. The van der Waals surface area contributed by atoms with Crippen molar-refractivity contribution in [3.05, 3.63) is 83.4 Å². The van der Waals surface area contributed by atoms with E-state index in [0.29, 0.717) is 12.8 Å². The van der Waals surface area contributed by atoms with Crippen molar-refractivity contribution in [2.75, 3.05) is 10.6 Å². The van der Waals surface area contributed by atoms with Gasteiger partial charge in [0.1, 0.15) is 0 Å². The first-order valence-corrected chi connectivity index (χ1v) is 10.4. The van der Waals surface area contributed by atoms with Gasteiger partial charge in [0.2, 0.25) is 11.8 Å². The Morgan fingerprint density at radius 3 is 2.10 bits per heavy atom. The Morgan fingerprint density at radius 2 is 1.38 bits per heavy atom. The molecule has 1 aliphatic rings. The zero-order chi connectivity index (χ0) is 20.2. The third-order valence-electron chi connectivity index (χ3n) is 5.27. The van der Waals surface area contributed by atoms with E-state index in [1.54, 1.807) is 0 Å². The average molecular weight is 449 g/mol. The first-order valence-electron chi connectivity index (χ1n) is 9.62. The van der Waals surface area contributed by atoms with Crippen molar-refractivity contribution < 1.29 is 9.59 Å². The van der Waals surface area contributed by atoms with Crippen LogP contribution in [0.2, 0.25) is 0 Å². The molecule has 4 rings (SSSR count). The van der Waals surface area contributed by atoms with E-state index in [0.717, 1.165) is 26.6 Å². The van der Waals surface area contributed by atoms with Crippen LogP contribution in [0.3, 0.4) is 0 Å². The number of allylic oxidation sites excluding steroid dienone is 2. The minimum atomic E-state index is -0.408. The highest BCUT2D eigenvalue weighted by molar-refractivity contribution is 9.10. The van der Waals surface area contributed by atoms with Crippen LogP contribution in [0.1, 0.15) is 12.8 Å². The number of anilines is 2. The van der Waals surface area contributed by atoms with Gasteiger partial charge in [0.25, 0.3) is 0 Å². The van der Waals surface area contributed by atoms with Gasteiger partial charge < -0.3 is 10.6 Å². The van der Waals surface area contributed by atoms with E-state index in [9.17, 15) is 9.59 Å². The molecule has 2 atom stereocenters.